The fraction of sp³-hybridized carbons (Fsp3) is 0.231. The normalized spacial score (nSPS) is 12.6. The van der Waals surface area contributed by atoms with E-state index in [0.29, 0.717) is 12.0 Å². The molecule has 1 aromatic heterocycles. The van der Waals surface area contributed by atoms with Crippen LogP contribution in [0.2, 0.25) is 5.02 Å². The molecule has 0 saturated carbocycles. The molecule has 1 N–H and O–H groups in total. The van der Waals surface area contributed by atoms with Crippen LogP contribution in [-0.4, -0.2) is 7.05 Å². The van der Waals surface area contributed by atoms with Crippen LogP contribution >= 0.6 is 11.6 Å². The smallest absolute Gasteiger partial charge is 0.146 e. The molecular formula is C13H13ClFNO. The lowest BCUT2D eigenvalue weighted by Crippen LogP contribution is -2.20. The lowest BCUT2D eigenvalue weighted by atomic mass is 10.0. The van der Waals surface area contributed by atoms with E-state index in [1.54, 1.807) is 37.8 Å². The van der Waals surface area contributed by atoms with E-state index < -0.39 is 0 Å². The number of benzene rings is 1. The molecule has 0 aliphatic carbocycles. The highest BCUT2D eigenvalue weighted by Crippen LogP contribution is 2.25. The minimum atomic E-state index is -0.364. The van der Waals surface area contributed by atoms with Crippen molar-refractivity contribution in [3.63, 3.8) is 0 Å². The average molecular weight is 254 g/mol. The van der Waals surface area contributed by atoms with Crippen LogP contribution in [0.4, 0.5) is 4.39 Å². The molecule has 2 nitrogen and oxygen atoms in total. The monoisotopic (exact) mass is 253 g/mol. The zero-order valence-corrected chi connectivity index (χ0v) is 10.2. The van der Waals surface area contributed by atoms with Crippen molar-refractivity contribution in [1.82, 2.24) is 5.32 Å². The molecule has 0 saturated heterocycles. The minimum absolute atomic E-state index is 0.119. The Balaban J connectivity index is 2.26. The highest BCUT2D eigenvalue weighted by molar-refractivity contribution is 6.30. The Bertz CT molecular complexity index is 484. The summed E-state index contributed by atoms with van der Waals surface area (Å²) in [5, 5.41) is 3.23. The van der Waals surface area contributed by atoms with Crippen LogP contribution in [0.1, 0.15) is 17.2 Å². The van der Waals surface area contributed by atoms with Crippen molar-refractivity contribution in [3.8, 4) is 0 Å². The second-order valence-electron chi connectivity index (χ2n) is 3.82. The predicted octanol–water partition coefficient (Wildman–Crippen LogP) is 3.58. The van der Waals surface area contributed by atoms with Gasteiger partial charge in [-0.25, -0.2) is 4.39 Å². The van der Waals surface area contributed by atoms with E-state index in [4.69, 9.17) is 16.0 Å². The van der Waals surface area contributed by atoms with Crippen LogP contribution in [0.3, 0.4) is 0 Å². The number of halogens is 2. The third-order valence-corrected chi connectivity index (χ3v) is 3.02. The standard InChI is InChI=1S/C13H13ClFNO/c1-16-12(7-9-5-6-17-8-9)10-3-2-4-11(14)13(10)15/h2-6,8,12,16H,7H2,1H3. The predicted molar refractivity (Wildman–Crippen MR) is 65.6 cm³/mol. The van der Waals surface area contributed by atoms with Gasteiger partial charge in [0.05, 0.1) is 17.5 Å². The van der Waals surface area contributed by atoms with Crippen LogP contribution < -0.4 is 5.32 Å². The van der Waals surface area contributed by atoms with Gasteiger partial charge in [-0.3, -0.25) is 0 Å². The third-order valence-electron chi connectivity index (χ3n) is 2.73. The van der Waals surface area contributed by atoms with Gasteiger partial charge in [0.15, 0.2) is 0 Å². The number of hydrogen-bond acceptors (Lipinski definition) is 2. The topological polar surface area (TPSA) is 25.2 Å². The van der Waals surface area contributed by atoms with Crippen molar-refractivity contribution in [2.75, 3.05) is 7.05 Å². The molecule has 0 amide bonds. The quantitative estimate of drug-likeness (QED) is 0.901. The van der Waals surface area contributed by atoms with Crippen LogP contribution in [0.25, 0.3) is 0 Å². The molecule has 1 unspecified atom stereocenters. The average Bonchev–Trinajstić information content (AvgIpc) is 2.83. The summed E-state index contributed by atoms with van der Waals surface area (Å²) in [6.07, 6.45) is 3.92. The van der Waals surface area contributed by atoms with Gasteiger partial charge in [-0.2, -0.15) is 0 Å². The minimum Gasteiger partial charge on any atom is -0.472 e. The van der Waals surface area contributed by atoms with E-state index in [1.807, 2.05) is 6.07 Å². The largest absolute Gasteiger partial charge is 0.472 e. The van der Waals surface area contributed by atoms with Gasteiger partial charge in [-0.1, -0.05) is 23.7 Å². The molecule has 1 atom stereocenters. The first-order valence-corrected chi connectivity index (χ1v) is 5.72. The number of likely N-dealkylation sites (N-methyl/N-ethyl adjacent to an activating group) is 1. The van der Waals surface area contributed by atoms with E-state index in [9.17, 15) is 4.39 Å². The molecule has 0 aliphatic rings. The first-order chi connectivity index (χ1) is 8.22. The van der Waals surface area contributed by atoms with E-state index in [0.717, 1.165) is 5.56 Å². The molecule has 2 aromatic rings. The zero-order chi connectivity index (χ0) is 12.3. The molecule has 0 aliphatic heterocycles. The Morgan fingerprint density at radius 1 is 1.41 bits per heavy atom. The number of nitrogens with one attached hydrogen (secondary N) is 1. The molecular weight excluding hydrogens is 241 g/mol. The summed E-state index contributed by atoms with van der Waals surface area (Å²) < 4.78 is 18.9. The third kappa shape index (κ3) is 2.68. The Labute approximate surface area is 104 Å². The van der Waals surface area contributed by atoms with Gasteiger partial charge in [-0.15, -0.1) is 0 Å². The highest BCUT2D eigenvalue weighted by atomic mass is 35.5. The van der Waals surface area contributed by atoms with Crippen molar-refractivity contribution in [2.45, 2.75) is 12.5 Å². The van der Waals surface area contributed by atoms with Crippen LogP contribution in [0.5, 0.6) is 0 Å². The first-order valence-electron chi connectivity index (χ1n) is 5.34. The van der Waals surface area contributed by atoms with Gasteiger partial charge in [0.25, 0.3) is 0 Å². The Morgan fingerprint density at radius 2 is 2.24 bits per heavy atom. The van der Waals surface area contributed by atoms with E-state index in [2.05, 4.69) is 5.32 Å². The van der Waals surface area contributed by atoms with Crippen molar-refractivity contribution < 1.29 is 8.81 Å². The summed E-state index contributed by atoms with van der Waals surface area (Å²) >= 11 is 5.78. The van der Waals surface area contributed by atoms with Crippen molar-refractivity contribution >= 4 is 11.6 Å². The van der Waals surface area contributed by atoms with E-state index in [1.165, 1.54) is 0 Å². The molecule has 1 heterocycles. The summed E-state index contributed by atoms with van der Waals surface area (Å²) in [6.45, 7) is 0. The zero-order valence-electron chi connectivity index (χ0n) is 9.41. The summed E-state index contributed by atoms with van der Waals surface area (Å²) in [4.78, 5) is 0. The molecule has 90 valence electrons. The first kappa shape index (κ1) is 12.1. The SMILES string of the molecule is CNC(Cc1ccoc1)c1cccc(Cl)c1F. The van der Waals surface area contributed by atoms with Gasteiger partial charge >= 0.3 is 0 Å². The van der Waals surface area contributed by atoms with Gasteiger partial charge in [-0.05, 0) is 31.2 Å². The number of furan rings is 1. The maximum Gasteiger partial charge on any atom is 0.146 e. The maximum absolute atomic E-state index is 13.9. The van der Waals surface area contributed by atoms with E-state index >= 15 is 0 Å². The molecule has 0 spiro atoms. The second kappa shape index (κ2) is 5.34. The van der Waals surface area contributed by atoms with Crippen molar-refractivity contribution in [2.24, 2.45) is 0 Å². The molecule has 0 radical (unpaired) electrons. The Morgan fingerprint density at radius 3 is 2.88 bits per heavy atom. The van der Waals surface area contributed by atoms with Gasteiger partial charge < -0.3 is 9.73 Å². The molecule has 0 fully saturated rings. The Hall–Kier alpha value is -1.32. The van der Waals surface area contributed by atoms with Gasteiger partial charge in [0.1, 0.15) is 5.82 Å². The van der Waals surface area contributed by atoms with E-state index in [-0.39, 0.29) is 16.9 Å². The second-order valence-corrected chi connectivity index (χ2v) is 4.23. The molecule has 2 rings (SSSR count). The number of rotatable bonds is 4. The summed E-state index contributed by atoms with van der Waals surface area (Å²) in [7, 11) is 1.80. The fourth-order valence-electron chi connectivity index (χ4n) is 1.80. The lowest BCUT2D eigenvalue weighted by Gasteiger charge is -2.17. The van der Waals surface area contributed by atoms with Crippen molar-refractivity contribution in [1.29, 1.82) is 0 Å². The lowest BCUT2D eigenvalue weighted by molar-refractivity contribution is 0.526. The van der Waals surface area contributed by atoms with Crippen LogP contribution in [-0.2, 0) is 6.42 Å². The van der Waals surface area contributed by atoms with Gasteiger partial charge in [0, 0.05) is 11.6 Å². The van der Waals surface area contributed by atoms with Crippen LogP contribution in [0, 0.1) is 5.82 Å². The summed E-state index contributed by atoms with van der Waals surface area (Å²) in [5.41, 5.74) is 1.59. The molecule has 17 heavy (non-hydrogen) atoms. The van der Waals surface area contributed by atoms with Gasteiger partial charge in [0.2, 0.25) is 0 Å². The molecule has 4 heteroatoms. The summed E-state index contributed by atoms with van der Waals surface area (Å²) in [6, 6.07) is 6.78. The molecule has 0 bridgehead atoms. The number of hydrogen-bond donors (Lipinski definition) is 1. The summed E-state index contributed by atoms with van der Waals surface area (Å²) in [5.74, 6) is -0.364. The Kier molecular flexibility index (Phi) is 3.82. The highest BCUT2D eigenvalue weighted by Gasteiger charge is 2.16. The maximum atomic E-state index is 13.9. The fourth-order valence-corrected chi connectivity index (χ4v) is 1.98. The van der Waals surface area contributed by atoms with Crippen LogP contribution in [0.15, 0.2) is 41.2 Å². The molecule has 1 aromatic carbocycles. The van der Waals surface area contributed by atoms with Crippen molar-refractivity contribution in [3.05, 3.63) is 58.8 Å².